The Morgan fingerprint density at radius 2 is 2.36 bits per heavy atom. The first-order chi connectivity index (χ1) is 5.20. The summed E-state index contributed by atoms with van der Waals surface area (Å²) in [6.45, 7) is 1.63. The van der Waals surface area contributed by atoms with Crippen molar-refractivity contribution < 1.29 is 0 Å². The second-order valence-corrected chi connectivity index (χ2v) is 2.76. The summed E-state index contributed by atoms with van der Waals surface area (Å²) < 4.78 is 1.65. The van der Waals surface area contributed by atoms with Crippen molar-refractivity contribution in [2.24, 2.45) is 0 Å². The van der Waals surface area contributed by atoms with Gasteiger partial charge in [-0.25, -0.2) is 4.79 Å². The molecule has 0 aromatic carbocycles. The van der Waals surface area contributed by atoms with Gasteiger partial charge in [-0.05, 0) is 14.1 Å². The molecular formula is C7H13N3O. The van der Waals surface area contributed by atoms with Crippen LogP contribution in [-0.4, -0.2) is 35.1 Å². The molecule has 0 bridgehead atoms. The lowest BCUT2D eigenvalue weighted by molar-refractivity contribution is 0.381. The van der Waals surface area contributed by atoms with Gasteiger partial charge in [-0.1, -0.05) is 0 Å². The lowest BCUT2D eigenvalue weighted by Gasteiger charge is -2.08. The number of likely N-dealkylation sites (N-methyl/N-ethyl adjacent to an activating group) is 1. The van der Waals surface area contributed by atoms with Gasteiger partial charge in [0.15, 0.2) is 0 Å². The summed E-state index contributed by atoms with van der Waals surface area (Å²) in [6, 6.07) is 0. The van der Waals surface area contributed by atoms with Gasteiger partial charge in [0.1, 0.15) is 0 Å². The third kappa shape index (κ3) is 2.23. The normalized spacial score (nSPS) is 10.8. The monoisotopic (exact) mass is 155 g/mol. The molecule has 0 saturated heterocycles. The van der Waals surface area contributed by atoms with Crippen molar-refractivity contribution in [3.63, 3.8) is 0 Å². The molecule has 1 aromatic heterocycles. The maximum atomic E-state index is 10.9. The topological polar surface area (TPSA) is 41.0 Å². The fourth-order valence-electron chi connectivity index (χ4n) is 0.833. The predicted molar refractivity (Wildman–Crippen MR) is 43.6 cm³/mol. The first-order valence-corrected chi connectivity index (χ1v) is 3.58. The molecule has 0 fully saturated rings. The number of nitrogens with zero attached hydrogens (tertiary/aromatic N) is 2. The van der Waals surface area contributed by atoms with Gasteiger partial charge in [0.25, 0.3) is 0 Å². The first kappa shape index (κ1) is 8.07. The second kappa shape index (κ2) is 3.39. The molecule has 0 aliphatic carbocycles. The van der Waals surface area contributed by atoms with Crippen LogP contribution < -0.4 is 5.69 Å². The van der Waals surface area contributed by atoms with E-state index in [2.05, 4.69) is 4.98 Å². The van der Waals surface area contributed by atoms with Crippen molar-refractivity contribution in [3.8, 4) is 0 Å². The Morgan fingerprint density at radius 3 is 2.82 bits per heavy atom. The predicted octanol–water partition coefficient (Wildman–Crippen LogP) is -0.262. The van der Waals surface area contributed by atoms with Gasteiger partial charge in [-0.2, -0.15) is 0 Å². The Bertz CT molecular complexity index is 261. The molecule has 0 saturated carbocycles. The highest BCUT2D eigenvalue weighted by atomic mass is 16.1. The van der Waals surface area contributed by atoms with Gasteiger partial charge in [0, 0.05) is 25.5 Å². The molecular weight excluding hydrogens is 142 g/mol. The Labute approximate surface area is 65.5 Å². The van der Waals surface area contributed by atoms with Crippen LogP contribution in [0.15, 0.2) is 17.2 Å². The molecule has 0 aliphatic heterocycles. The van der Waals surface area contributed by atoms with E-state index in [0.29, 0.717) is 0 Å². The zero-order valence-electron chi connectivity index (χ0n) is 6.87. The molecule has 62 valence electrons. The van der Waals surface area contributed by atoms with Gasteiger partial charge in [-0.3, -0.25) is 4.57 Å². The molecule has 0 spiro atoms. The van der Waals surface area contributed by atoms with Crippen LogP contribution in [-0.2, 0) is 6.54 Å². The molecule has 4 heteroatoms. The first-order valence-electron chi connectivity index (χ1n) is 3.58. The van der Waals surface area contributed by atoms with Crippen LogP contribution in [0, 0.1) is 0 Å². The van der Waals surface area contributed by atoms with Crippen LogP contribution in [0.3, 0.4) is 0 Å². The molecule has 0 amide bonds. The standard InChI is InChI=1S/C7H13N3O/c1-9(2)5-6-10-4-3-8-7(10)11/h3-4H,5-6H2,1-2H3,(H,8,11). The molecule has 1 aromatic rings. The van der Waals surface area contributed by atoms with Gasteiger partial charge in [-0.15, -0.1) is 0 Å². The fourth-order valence-corrected chi connectivity index (χ4v) is 0.833. The molecule has 1 N–H and O–H groups in total. The third-order valence-electron chi connectivity index (χ3n) is 1.51. The van der Waals surface area contributed by atoms with Crippen LogP contribution in [0.1, 0.15) is 0 Å². The maximum Gasteiger partial charge on any atom is 0.325 e. The van der Waals surface area contributed by atoms with E-state index >= 15 is 0 Å². The number of nitrogens with one attached hydrogen (secondary N) is 1. The summed E-state index contributed by atoms with van der Waals surface area (Å²) in [5.74, 6) is 0. The molecule has 0 radical (unpaired) electrons. The Balaban J connectivity index is 2.51. The molecule has 0 atom stereocenters. The van der Waals surface area contributed by atoms with E-state index in [1.54, 1.807) is 17.0 Å². The molecule has 0 unspecified atom stereocenters. The number of H-pyrrole nitrogens is 1. The minimum atomic E-state index is -0.0353. The van der Waals surface area contributed by atoms with E-state index in [4.69, 9.17) is 0 Å². The van der Waals surface area contributed by atoms with Crippen LogP contribution >= 0.6 is 0 Å². The maximum absolute atomic E-state index is 10.9. The highest BCUT2D eigenvalue weighted by molar-refractivity contribution is 4.75. The van der Waals surface area contributed by atoms with E-state index in [-0.39, 0.29) is 5.69 Å². The van der Waals surface area contributed by atoms with Gasteiger partial charge >= 0.3 is 5.69 Å². The van der Waals surface area contributed by atoms with E-state index in [1.165, 1.54) is 0 Å². The number of aromatic nitrogens is 2. The molecule has 4 nitrogen and oxygen atoms in total. The van der Waals surface area contributed by atoms with Gasteiger partial charge in [0.2, 0.25) is 0 Å². The average Bonchev–Trinajstić information content (AvgIpc) is 2.31. The zero-order valence-corrected chi connectivity index (χ0v) is 6.87. The van der Waals surface area contributed by atoms with E-state index in [1.807, 2.05) is 19.0 Å². The fraction of sp³-hybridized carbons (Fsp3) is 0.571. The number of hydrogen-bond acceptors (Lipinski definition) is 2. The zero-order chi connectivity index (χ0) is 8.27. The van der Waals surface area contributed by atoms with Crippen LogP contribution in [0.5, 0.6) is 0 Å². The molecule has 1 rings (SSSR count). The molecule has 1 heterocycles. The Morgan fingerprint density at radius 1 is 1.64 bits per heavy atom. The minimum Gasteiger partial charge on any atom is -0.313 e. The largest absolute Gasteiger partial charge is 0.325 e. The highest BCUT2D eigenvalue weighted by Gasteiger charge is 1.95. The quantitative estimate of drug-likeness (QED) is 0.653. The van der Waals surface area contributed by atoms with Crippen molar-refractivity contribution in [2.75, 3.05) is 20.6 Å². The summed E-state index contributed by atoms with van der Waals surface area (Å²) in [7, 11) is 3.97. The van der Waals surface area contributed by atoms with Crippen LogP contribution in [0.2, 0.25) is 0 Å². The van der Waals surface area contributed by atoms with Crippen molar-refractivity contribution in [1.29, 1.82) is 0 Å². The van der Waals surface area contributed by atoms with E-state index < -0.39 is 0 Å². The summed E-state index contributed by atoms with van der Waals surface area (Å²) >= 11 is 0. The highest BCUT2D eigenvalue weighted by Crippen LogP contribution is 1.81. The van der Waals surface area contributed by atoms with E-state index in [9.17, 15) is 4.79 Å². The lowest BCUT2D eigenvalue weighted by Crippen LogP contribution is -2.24. The van der Waals surface area contributed by atoms with Gasteiger partial charge < -0.3 is 9.88 Å². The van der Waals surface area contributed by atoms with E-state index in [0.717, 1.165) is 13.1 Å². The number of hydrogen-bond donors (Lipinski definition) is 1. The lowest BCUT2D eigenvalue weighted by atomic mass is 10.6. The second-order valence-electron chi connectivity index (χ2n) is 2.76. The summed E-state index contributed by atoms with van der Waals surface area (Å²) in [6.07, 6.45) is 3.41. The molecule has 11 heavy (non-hydrogen) atoms. The van der Waals surface area contributed by atoms with Crippen molar-refractivity contribution in [2.45, 2.75) is 6.54 Å². The van der Waals surface area contributed by atoms with Crippen molar-refractivity contribution >= 4 is 0 Å². The number of aromatic amines is 1. The van der Waals surface area contributed by atoms with Gasteiger partial charge in [0.05, 0.1) is 0 Å². The van der Waals surface area contributed by atoms with Crippen molar-refractivity contribution in [3.05, 3.63) is 22.9 Å². The number of rotatable bonds is 3. The summed E-state index contributed by atoms with van der Waals surface area (Å²) in [5.41, 5.74) is -0.0353. The molecule has 0 aliphatic rings. The van der Waals surface area contributed by atoms with Crippen LogP contribution in [0.25, 0.3) is 0 Å². The average molecular weight is 155 g/mol. The minimum absolute atomic E-state index is 0.0353. The Kier molecular flexibility index (Phi) is 2.48. The smallest absolute Gasteiger partial charge is 0.313 e. The third-order valence-corrected chi connectivity index (χ3v) is 1.51. The van der Waals surface area contributed by atoms with Crippen LogP contribution in [0.4, 0.5) is 0 Å². The summed E-state index contributed by atoms with van der Waals surface area (Å²) in [5, 5.41) is 0. The Hall–Kier alpha value is -1.03. The van der Waals surface area contributed by atoms with Crippen molar-refractivity contribution in [1.82, 2.24) is 14.5 Å². The summed E-state index contributed by atoms with van der Waals surface area (Å²) in [4.78, 5) is 15.5. The number of imidazole rings is 1. The SMILES string of the molecule is CN(C)CCn1cc[nH]c1=O.